The van der Waals surface area contributed by atoms with Crippen molar-refractivity contribution < 1.29 is 9.59 Å². The zero-order valence-corrected chi connectivity index (χ0v) is 18.1. The monoisotopic (exact) mass is 416 g/mol. The fourth-order valence-corrected chi connectivity index (χ4v) is 5.09. The molecule has 5 rings (SSSR count). The molecule has 0 saturated carbocycles. The third kappa shape index (κ3) is 3.36. The van der Waals surface area contributed by atoms with Crippen LogP contribution in [-0.2, 0) is 13.5 Å². The summed E-state index contributed by atoms with van der Waals surface area (Å²) in [6, 6.07) is 16.1. The number of para-hydroxylation sites is 2. The molecule has 31 heavy (non-hydrogen) atoms. The molecule has 0 atom stereocenters. The first-order valence-corrected chi connectivity index (χ1v) is 11.0. The number of carbonyl (C=O) groups is 2. The Hall–Kier alpha value is -3.28. The van der Waals surface area contributed by atoms with Crippen molar-refractivity contribution in [3.8, 4) is 0 Å². The molecule has 2 aromatic carbocycles. The Kier molecular flexibility index (Phi) is 4.93. The smallest absolute Gasteiger partial charge is 0.321 e. The van der Waals surface area contributed by atoms with Crippen molar-refractivity contribution in [2.75, 3.05) is 25.0 Å². The summed E-state index contributed by atoms with van der Waals surface area (Å²) in [6.07, 6.45) is 2.50. The molecule has 160 valence electrons. The molecule has 2 aliphatic rings. The Morgan fingerprint density at radius 3 is 2.48 bits per heavy atom. The lowest BCUT2D eigenvalue weighted by atomic mass is 9.97. The normalized spacial score (nSPS) is 17.2. The zero-order chi connectivity index (χ0) is 21.5. The number of aryl methyl sites for hydroxylation is 2. The fourth-order valence-electron chi connectivity index (χ4n) is 5.09. The van der Waals surface area contributed by atoms with Crippen LogP contribution >= 0.6 is 0 Å². The van der Waals surface area contributed by atoms with Crippen LogP contribution in [0.5, 0.6) is 0 Å². The number of aromatic nitrogens is 1. The molecule has 0 spiro atoms. The van der Waals surface area contributed by atoms with Gasteiger partial charge in [0, 0.05) is 61.4 Å². The second kappa shape index (κ2) is 7.76. The summed E-state index contributed by atoms with van der Waals surface area (Å²) >= 11 is 0. The summed E-state index contributed by atoms with van der Waals surface area (Å²) in [5.74, 6) is 0.140. The lowest BCUT2D eigenvalue weighted by Gasteiger charge is -2.40. The lowest BCUT2D eigenvalue weighted by molar-refractivity contribution is 0.0581. The van der Waals surface area contributed by atoms with Gasteiger partial charge in [0.15, 0.2) is 0 Å². The van der Waals surface area contributed by atoms with E-state index < -0.39 is 0 Å². The minimum Gasteiger partial charge on any atom is -0.347 e. The Bertz CT molecular complexity index is 1160. The number of likely N-dealkylation sites (tertiary alicyclic amines) is 1. The van der Waals surface area contributed by atoms with E-state index in [0.717, 1.165) is 59.2 Å². The van der Waals surface area contributed by atoms with E-state index in [4.69, 9.17) is 0 Å². The molecule has 3 amide bonds. The SMILES string of the molecule is Cc1ccccc1NC(=O)N1CCC(N2CCc3c(c4ccccc4n3C)C2=O)CC1. The summed E-state index contributed by atoms with van der Waals surface area (Å²) in [7, 11) is 2.05. The van der Waals surface area contributed by atoms with Crippen molar-refractivity contribution in [2.45, 2.75) is 32.2 Å². The first-order valence-electron chi connectivity index (χ1n) is 11.0. The first-order chi connectivity index (χ1) is 15.0. The van der Waals surface area contributed by atoms with Crippen LogP contribution in [0.15, 0.2) is 48.5 Å². The third-order valence-corrected chi connectivity index (χ3v) is 6.87. The van der Waals surface area contributed by atoms with Gasteiger partial charge in [-0.05, 0) is 37.5 Å². The largest absolute Gasteiger partial charge is 0.347 e. The maximum Gasteiger partial charge on any atom is 0.321 e. The van der Waals surface area contributed by atoms with Gasteiger partial charge in [0.05, 0.1) is 5.56 Å². The van der Waals surface area contributed by atoms with Gasteiger partial charge in [-0.3, -0.25) is 4.79 Å². The molecular weight excluding hydrogens is 388 g/mol. The highest BCUT2D eigenvalue weighted by Crippen LogP contribution is 2.32. The molecule has 0 bridgehead atoms. The standard InChI is InChI=1S/C25H28N4O2/c1-17-7-3-5-9-20(17)26-25(31)28-14-11-18(12-15-28)29-16-13-22-23(24(29)30)19-8-4-6-10-21(19)27(22)2/h3-10,18H,11-16H2,1-2H3,(H,26,31). The van der Waals surface area contributed by atoms with E-state index in [1.165, 1.54) is 0 Å². The minimum atomic E-state index is -0.0611. The molecule has 2 aliphatic heterocycles. The molecule has 3 heterocycles. The highest BCUT2D eigenvalue weighted by Gasteiger charge is 2.35. The predicted octanol–water partition coefficient (Wildman–Crippen LogP) is 4.18. The molecule has 0 aliphatic carbocycles. The summed E-state index contributed by atoms with van der Waals surface area (Å²) < 4.78 is 2.17. The zero-order valence-electron chi connectivity index (χ0n) is 18.1. The van der Waals surface area contributed by atoms with Gasteiger partial charge < -0.3 is 19.7 Å². The quantitative estimate of drug-likeness (QED) is 0.681. The number of urea groups is 1. The van der Waals surface area contributed by atoms with Crippen LogP contribution in [-0.4, -0.2) is 52.0 Å². The fraction of sp³-hybridized carbons (Fsp3) is 0.360. The van der Waals surface area contributed by atoms with E-state index in [1.807, 2.05) is 59.2 Å². The number of rotatable bonds is 2. The number of hydrogen-bond donors (Lipinski definition) is 1. The predicted molar refractivity (Wildman–Crippen MR) is 122 cm³/mol. The maximum atomic E-state index is 13.5. The average molecular weight is 417 g/mol. The van der Waals surface area contributed by atoms with Gasteiger partial charge >= 0.3 is 6.03 Å². The van der Waals surface area contributed by atoms with E-state index >= 15 is 0 Å². The maximum absolute atomic E-state index is 13.5. The topological polar surface area (TPSA) is 57.6 Å². The van der Waals surface area contributed by atoms with Crippen LogP contribution < -0.4 is 5.32 Å². The summed E-state index contributed by atoms with van der Waals surface area (Å²) in [6.45, 7) is 4.06. The second-order valence-electron chi connectivity index (χ2n) is 8.61. The van der Waals surface area contributed by atoms with E-state index in [2.05, 4.69) is 23.0 Å². The summed E-state index contributed by atoms with van der Waals surface area (Å²) in [5.41, 5.74) is 5.02. The van der Waals surface area contributed by atoms with Crippen LogP contribution in [0.25, 0.3) is 10.9 Å². The van der Waals surface area contributed by atoms with Crippen LogP contribution in [0.4, 0.5) is 10.5 Å². The van der Waals surface area contributed by atoms with Crippen molar-refractivity contribution in [1.82, 2.24) is 14.4 Å². The molecule has 1 fully saturated rings. The van der Waals surface area contributed by atoms with Gasteiger partial charge in [-0.1, -0.05) is 36.4 Å². The Morgan fingerprint density at radius 1 is 1.00 bits per heavy atom. The van der Waals surface area contributed by atoms with E-state index in [0.29, 0.717) is 13.1 Å². The highest BCUT2D eigenvalue weighted by molar-refractivity contribution is 6.09. The molecule has 1 aromatic heterocycles. The van der Waals surface area contributed by atoms with E-state index in [-0.39, 0.29) is 18.0 Å². The number of amides is 3. The van der Waals surface area contributed by atoms with Gasteiger partial charge in [-0.25, -0.2) is 4.79 Å². The van der Waals surface area contributed by atoms with Gasteiger partial charge in [0.1, 0.15) is 0 Å². The molecule has 3 aromatic rings. The molecule has 0 radical (unpaired) electrons. The number of carbonyl (C=O) groups excluding carboxylic acids is 2. The Labute approximate surface area is 182 Å². The van der Waals surface area contributed by atoms with Crippen molar-refractivity contribution in [2.24, 2.45) is 7.05 Å². The van der Waals surface area contributed by atoms with Gasteiger partial charge in [-0.2, -0.15) is 0 Å². The number of nitrogens with zero attached hydrogens (tertiary/aromatic N) is 3. The number of hydrogen-bond acceptors (Lipinski definition) is 2. The Morgan fingerprint density at radius 2 is 1.71 bits per heavy atom. The molecule has 6 nitrogen and oxygen atoms in total. The minimum absolute atomic E-state index is 0.0611. The number of fused-ring (bicyclic) bond motifs is 3. The van der Waals surface area contributed by atoms with Crippen molar-refractivity contribution in [3.63, 3.8) is 0 Å². The molecule has 6 heteroatoms. The molecule has 1 saturated heterocycles. The van der Waals surface area contributed by atoms with Crippen LogP contribution in [0.3, 0.4) is 0 Å². The highest BCUT2D eigenvalue weighted by atomic mass is 16.2. The van der Waals surface area contributed by atoms with Gasteiger partial charge in [0.2, 0.25) is 0 Å². The van der Waals surface area contributed by atoms with Crippen molar-refractivity contribution >= 4 is 28.5 Å². The van der Waals surface area contributed by atoms with Crippen LogP contribution in [0.1, 0.15) is 34.5 Å². The number of benzene rings is 2. The third-order valence-electron chi connectivity index (χ3n) is 6.87. The summed E-state index contributed by atoms with van der Waals surface area (Å²) in [5, 5.41) is 4.07. The molecule has 0 unspecified atom stereocenters. The lowest BCUT2D eigenvalue weighted by Crippen LogP contribution is -2.51. The average Bonchev–Trinajstić information content (AvgIpc) is 3.09. The first kappa shape index (κ1) is 19.7. The van der Waals surface area contributed by atoms with Crippen molar-refractivity contribution in [3.05, 3.63) is 65.4 Å². The van der Waals surface area contributed by atoms with E-state index in [1.54, 1.807) is 0 Å². The number of anilines is 1. The number of nitrogens with one attached hydrogen (secondary N) is 1. The van der Waals surface area contributed by atoms with Gasteiger partial charge in [0.25, 0.3) is 5.91 Å². The van der Waals surface area contributed by atoms with E-state index in [9.17, 15) is 9.59 Å². The van der Waals surface area contributed by atoms with Crippen LogP contribution in [0, 0.1) is 6.92 Å². The van der Waals surface area contributed by atoms with Gasteiger partial charge in [-0.15, -0.1) is 0 Å². The summed E-state index contributed by atoms with van der Waals surface area (Å²) in [4.78, 5) is 30.1. The second-order valence-corrected chi connectivity index (χ2v) is 8.61. The molecular formula is C25H28N4O2. The Balaban J connectivity index is 1.27. The van der Waals surface area contributed by atoms with Crippen molar-refractivity contribution in [1.29, 1.82) is 0 Å². The van der Waals surface area contributed by atoms with Crippen LogP contribution in [0.2, 0.25) is 0 Å². The molecule has 1 N–H and O–H groups in total. The number of piperidine rings is 1.